The Labute approximate surface area is 69.1 Å². The molecule has 2 atom stereocenters. The number of hydrogen-bond acceptors (Lipinski definition) is 2. The maximum absolute atomic E-state index is 3.84. The van der Waals surface area contributed by atoms with Gasteiger partial charge in [0.2, 0.25) is 0 Å². The second-order valence-corrected chi connectivity index (χ2v) is 3.61. The summed E-state index contributed by atoms with van der Waals surface area (Å²) in [5.41, 5.74) is 0.128. The third kappa shape index (κ3) is 2.31. The second-order valence-electron chi connectivity index (χ2n) is 3.61. The quantitative estimate of drug-likeness (QED) is 0.548. The monoisotopic (exact) mass is 154 g/mol. The lowest BCUT2D eigenvalue weighted by Crippen LogP contribution is -2.41. The van der Waals surface area contributed by atoms with E-state index in [1.807, 2.05) is 6.08 Å². The third-order valence-corrected chi connectivity index (χ3v) is 2.33. The third-order valence-electron chi connectivity index (χ3n) is 2.33. The van der Waals surface area contributed by atoms with E-state index in [0.717, 1.165) is 19.5 Å². The lowest BCUT2D eigenvalue weighted by Gasteiger charge is -2.26. The predicted molar refractivity (Wildman–Crippen MR) is 48.7 cm³/mol. The Bertz CT molecular complexity index is 144. The molecule has 0 spiro atoms. The van der Waals surface area contributed by atoms with Gasteiger partial charge in [-0.05, 0) is 20.3 Å². The molecule has 1 saturated heterocycles. The van der Waals surface area contributed by atoms with Gasteiger partial charge in [0.25, 0.3) is 0 Å². The molecule has 0 saturated carbocycles. The average molecular weight is 154 g/mol. The van der Waals surface area contributed by atoms with Crippen molar-refractivity contribution in [1.82, 2.24) is 10.6 Å². The highest BCUT2D eigenvalue weighted by molar-refractivity contribution is 5.02. The van der Waals surface area contributed by atoms with Gasteiger partial charge in [-0.25, -0.2) is 0 Å². The lowest BCUT2D eigenvalue weighted by atomic mass is 9.94. The minimum atomic E-state index is 0.128. The molecule has 0 aromatic carbocycles. The van der Waals surface area contributed by atoms with Crippen LogP contribution in [0.2, 0.25) is 0 Å². The van der Waals surface area contributed by atoms with Gasteiger partial charge in [-0.2, -0.15) is 0 Å². The Kier molecular flexibility index (Phi) is 2.68. The first kappa shape index (κ1) is 8.75. The van der Waals surface area contributed by atoms with Crippen LogP contribution in [-0.2, 0) is 0 Å². The molecule has 2 heteroatoms. The summed E-state index contributed by atoms with van der Waals surface area (Å²) in [7, 11) is 0. The first-order valence-electron chi connectivity index (χ1n) is 4.28. The summed E-state index contributed by atoms with van der Waals surface area (Å²) < 4.78 is 0. The van der Waals surface area contributed by atoms with Gasteiger partial charge < -0.3 is 10.6 Å². The molecule has 2 unspecified atom stereocenters. The lowest BCUT2D eigenvalue weighted by molar-refractivity contribution is 0.409. The van der Waals surface area contributed by atoms with E-state index in [2.05, 4.69) is 31.1 Å². The molecular weight excluding hydrogens is 136 g/mol. The van der Waals surface area contributed by atoms with Crippen LogP contribution in [0.25, 0.3) is 0 Å². The molecule has 0 aliphatic carbocycles. The molecular formula is C9H18N2. The Morgan fingerprint density at radius 1 is 1.55 bits per heavy atom. The zero-order chi connectivity index (χ0) is 8.32. The van der Waals surface area contributed by atoms with Crippen LogP contribution in [0, 0.1) is 0 Å². The highest BCUT2D eigenvalue weighted by atomic mass is 15.0. The van der Waals surface area contributed by atoms with Gasteiger partial charge in [-0.3, -0.25) is 0 Å². The summed E-state index contributed by atoms with van der Waals surface area (Å²) in [5, 5.41) is 6.88. The highest BCUT2D eigenvalue weighted by Crippen LogP contribution is 2.14. The zero-order valence-corrected chi connectivity index (χ0v) is 7.48. The maximum atomic E-state index is 3.84. The van der Waals surface area contributed by atoms with Crippen molar-refractivity contribution < 1.29 is 0 Å². The summed E-state index contributed by atoms with van der Waals surface area (Å²) in [6, 6.07) is 0.591. The van der Waals surface area contributed by atoms with E-state index in [9.17, 15) is 0 Å². The molecule has 1 heterocycles. The van der Waals surface area contributed by atoms with Crippen LogP contribution in [0.15, 0.2) is 12.7 Å². The molecule has 2 nitrogen and oxygen atoms in total. The van der Waals surface area contributed by atoms with Crippen molar-refractivity contribution >= 4 is 0 Å². The van der Waals surface area contributed by atoms with Crippen LogP contribution in [0.4, 0.5) is 0 Å². The summed E-state index contributed by atoms with van der Waals surface area (Å²) in [5.74, 6) is 0. The molecule has 0 amide bonds. The van der Waals surface area contributed by atoms with Gasteiger partial charge >= 0.3 is 0 Å². The predicted octanol–water partition coefficient (Wildman–Crippen LogP) is 0.902. The average Bonchev–Trinajstić information content (AvgIpc) is 2.13. The molecule has 0 aromatic heterocycles. The van der Waals surface area contributed by atoms with E-state index in [1.54, 1.807) is 0 Å². The SMILES string of the molecule is C=CC1(C)CC(C)NCCN1. The first-order chi connectivity index (χ1) is 5.16. The summed E-state index contributed by atoms with van der Waals surface area (Å²) >= 11 is 0. The molecule has 1 rings (SSSR count). The Balaban J connectivity index is 2.58. The Hall–Kier alpha value is -0.340. The van der Waals surface area contributed by atoms with Crippen LogP contribution in [0.5, 0.6) is 0 Å². The van der Waals surface area contributed by atoms with Gasteiger partial charge in [0, 0.05) is 24.7 Å². The van der Waals surface area contributed by atoms with Gasteiger partial charge in [0.05, 0.1) is 0 Å². The van der Waals surface area contributed by atoms with Gasteiger partial charge in [-0.1, -0.05) is 6.08 Å². The fourth-order valence-corrected chi connectivity index (χ4v) is 1.60. The van der Waals surface area contributed by atoms with Crippen LogP contribution >= 0.6 is 0 Å². The molecule has 11 heavy (non-hydrogen) atoms. The molecule has 0 aromatic rings. The topological polar surface area (TPSA) is 24.1 Å². The molecule has 64 valence electrons. The summed E-state index contributed by atoms with van der Waals surface area (Å²) in [6.45, 7) is 10.4. The fourth-order valence-electron chi connectivity index (χ4n) is 1.60. The molecule has 1 fully saturated rings. The fraction of sp³-hybridized carbons (Fsp3) is 0.778. The Morgan fingerprint density at radius 2 is 2.27 bits per heavy atom. The van der Waals surface area contributed by atoms with Crippen LogP contribution in [0.1, 0.15) is 20.3 Å². The highest BCUT2D eigenvalue weighted by Gasteiger charge is 2.24. The zero-order valence-electron chi connectivity index (χ0n) is 7.48. The van der Waals surface area contributed by atoms with Gasteiger partial charge in [0.1, 0.15) is 0 Å². The number of nitrogens with one attached hydrogen (secondary N) is 2. The van der Waals surface area contributed by atoms with E-state index >= 15 is 0 Å². The number of hydrogen-bond donors (Lipinski definition) is 2. The van der Waals surface area contributed by atoms with E-state index in [1.165, 1.54) is 0 Å². The van der Waals surface area contributed by atoms with E-state index in [-0.39, 0.29) is 5.54 Å². The van der Waals surface area contributed by atoms with Crippen molar-refractivity contribution in [2.75, 3.05) is 13.1 Å². The minimum absolute atomic E-state index is 0.128. The standard InChI is InChI=1S/C9H18N2/c1-4-9(3)7-8(2)10-5-6-11-9/h4,8,10-11H,1,5-7H2,2-3H3. The summed E-state index contributed by atoms with van der Waals surface area (Å²) in [6.07, 6.45) is 3.13. The van der Waals surface area contributed by atoms with E-state index < -0.39 is 0 Å². The van der Waals surface area contributed by atoms with Crippen molar-refractivity contribution in [3.8, 4) is 0 Å². The van der Waals surface area contributed by atoms with Crippen molar-refractivity contribution in [2.45, 2.75) is 31.8 Å². The van der Waals surface area contributed by atoms with Gasteiger partial charge in [-0.15, -0.1) is 6.58 Å². The Morgan fingerprint density at radius 3 is 2.91 bits per heavy atom. The molecule has 2 N–H and O–H groups in total. The van der Waals surface area contributed by atoms with Gasteiger partial charge in [0.15, 0.2) is 0 Å². The van der Waals surface area contributed by atoms with Crippen LogP contribution in [0.3, 0.4) is 0 Å². The van der Waals surface area contributed by atoms with Crippen LogP contribution < -0.4 is 10.6 Å². The summed E-state index contributed by atoms with van der Waals surface area (Å²) in [4.78, 5) is 0. The number of rotatable bonds is 1. The van der Waals surface area contributed by atoms with Crippen molar-refractivity contribution in [3.05, 3.63) is 12.7 Å². The largest absolute Gasteiger partial charge is 0.313 e. The van der Waals surface area contributed by atoms with Crippen molar-refractivity contribution in [3.63, 3.8) is 0 Å². The smallest absolute Gasteiger partial charge is 0.0348 e. The van der Waals surface area contributed by atoms with Crippen molar-refractivity contribution in [2.24, 2.45) is 0 Å². The van der Waals surface area contributed by atoms with Crippen molar-refractivity contribution in [1.29, 1.82) is 0 Å². The maximum Gasteiger partial charge on any atom is 0.0348 e. The molecule has 1 aliphatic rings. The van der Waals surface area contributed by atoms with E-state index in [4.69, 9.17) is 0 Å². The molecule has 1 aliphatic heterocycles. The second kappa shape index (κ2) is 3.37. The normalized spacial score (nSPS) is 39.6. The molecule has 0 bridgehead atoms. The molecule has 0 radical (unpaired) electrons. The minimum Gasteiger partial charge on any atom is -0.313 e. The van der Waals surface area contributed by atoms with Crippen LogP contribution in [-0.4, -0.2) is 24.7 Å². The first-order valence-corrected chi connectivity index (χ1v) is 4.28. The van der Waals surface area contributed by atoms with E-state index in [0.29, 0.717) is 6.04 Å².